The molecular formula is C11H16INO2S. The number of aliphatic hydroxyl groups excluding tert-OH is 1. The van der Waals surface area contributed by atoms with Crippen molar-refractivity contribution in [1.82, 2.24) is 5.32 Å². The van der Waals surface area contributed by atoms with E-state index < -0.39 is 0 Å². The van der Waals surface area contributed by atoms with Crippen molar-refractivity contribution in [2.75, 3.05) is 6.61 Å². The predicted octanol–water partition coefficient (Wildman–Crippen LogP) is 2.49. The molecular weight excluding hydrogens is 337 g/mol. The molecule has 0 radical (unpaired) electrons. The summed E-state index contributed by atoms with van der Waals surface area (Å²) in [7, 11) is 0. The Morgan fingerprint density at radius 1 is 1.62 bits per heavy atom. The molecule has 1 atom stereocenters. The molecule has 1 amide bonds. The fourth-order valence-electron chi connectivity index (χ4n) is 1.45. The van der Waals surface area contributed by atoms with E-state index in [-0.39, 0.29) is 18.6 Å². The molecule has 1 aromatic rings. The van der Waals surface area contributed by atoms with Crippen LogP contribution in [-0.4, -0.2) is 23.7 Å². The standard InChI is InChI=1S/C11H16INO2S/c1-7(2)3-9(5-14)13-11(15)8-4-10(12)16-6-8/h4,6-7,9,14H,3,5H2,1-2H3,(H,13,15). The molecule has 5 heteroatoms. The zero-order valence-electron chi connectivity index (χ0n) is 9.37. The Labute approximate surface area is 113 Å². The summed E-state index contributed by atoms with van der Waals surface area (Å²) in [6.07, 6.45) is 0.795. The van der Waals surface area contributed by atoms with Crippen molar-refractivity contribution in [3.05, 3.63) is 19.9 Å². The molecule has 1 aromatic heterocycles. The summed E-state index contributed by atoms with van der Waals surface area (Å²) >= 11 is 3.73. The third-order valence-corrected chi connectivity index (χ3v) is 3.93. The lowest BCUT2D eigenvalue weighted by Gasteiger charge is -2.17. The highest BCUT2D eigenvalue weighted by Gasteiger charge is 2.15. The van der Waals surface area contributed by atoms with E-state index in [0.717, 1.165) is 9.30 Å². The summed E-state index contributed by atoms with van der Waals surface area (Å²) in [5.74, 6) is 0.360. The molecule has 0 aliphatic rings. The highest BCUT2D eigenvalue weighted by atomic mass is 127. The minimum Gasteiger partial charge on any atom is -0.394 e. The second-order valence-corrected chi connectivity index (χ2v) is 6.93. The first-order valence-electron chi connectivity index (χ1n) is 5.18. The Kier molecular flexibility index (Phi) is 5.71. The zero-order valence-corrected chi connectivity index (χ0v) is 12.3. The van der Waals surface area contributed by atoms with Gasteiger partial charge in [-0.15, -0.1) is 11.3 Å². The number of carbonyl (C=O) groups is 1. The minimum absolute atomic E-state index is 0.00878. The van der Waals surface area contributed by atoms with Gasteiger partial charge in [0.15, 0.2) is 0 Å². The first-order chi connectivity index (χ1) is 7.52. The Hall–Kier alpha value is -0.140. The van der Waals surface area contributed by atoms with Crippen LogP contribution in [-0.2, 0) is 0 Å². The fourth-order valence-corrected chi connectivity index (χ4v) is 2.77. The van der Waals surface area contributed by atoms with Gasteiger partial charge in [-0.05, 0) is 41.0 Å². The normalized spacial score (nSPS) is 12.8. The first-order valence-corrected chi connectivity index (χ1v) is 7.14. The molecule has 16 heavy (non-hydrogen) atoms. The molecule has 0 saturated heterocycles. The van der Waals surface area contributed by atoms with Gasteiger partial charge < -0.3 is 10.4 Å². The summed E-state index contributed by atoms with van der Waals surface area (Å²) in [4.78, 5) is 11.8. The van der Waals surface area contributed by atoms with Gasteiger partial charge >= 0.3 is 0 Å². The van der Waals surface area contributed by atoms with E-state index in [1.54, 1.807) is 11.3 Å². The van der Waals surface area contributed by atoms with Gasteiger partial charge in [0.05, 0.1) is 21.1 Å². The summed E-state index contributed by atoms with van der Waals surface area (Å²) in [6.45, 7) is 4.13. The van der Waals surface area contributed by atoms with E-state index in [9.17, 15) is 4.79 Å². The molecule has 0 aliphatic carbocycles. The molecule has 1 unspecified atom stereocenters. The van der Waals surface area contributed by atoms with E-state index in [1.807, 2.05) is 11.4 Å². The summed E-state index contributed by atoms with van der Waals surface area (Å²) < 4.78 is 1.09. The van der Waals surface area contributed by atoms with Crippen molar-refractivity contribution in [2.45, 2.75) is 26.3 Å². The first kappa shape index (κ1) is 13.9. The van der Waals surface area contributed by atoms with Crippen LogP contribution in [0.3, 0.4) is 0 Å². The molecule has 0 aromatic carbocycles. The number of hydrogen-bond donors (Lipinski definition) is 2. The van der Waals surface area contributed by atoms with Gasteiger partial charge in [-0.3, -0.25) is 4.79 Å². The lowest BCUT2D eigenvalue weighted by atomic mass is 10.0. The van der Waals surface area contributed by atoms with Crippen LogP contribution in [0, 0.1) is 8.80 Å². The van der Waals surface area contributed by atoms with Crippen molar-refractivity contribution in [3.63, 3.8) is 0 Å². The molecule has 3 nitrogen and oxygen atoms in total. The molecule has 1 heterocycles. The van der Waals surface area contributed by atoms with Gasteiger partial charge in [0.2, 0.25) is 0 Å². The highest BCUT2D eigenvalue weighted by Crippen LogP contribution is 2.16. The van der Waals surface area contributed by atoms with Crippen LogP contribution in [0.5, 0.6) is 0 Å². The summed E-state index contributed by atoms with van der Waals surface area (Å²) in [6, 6.07) is 1.70. The van der Waals surface area contributed by atoms with E-state index >= 15 is 0 Å². The maximum atomic E-state index is 11.8. The molecule has 0 saturated carbocycles. The van der Waals surface area contributed by atoms with E-state index in [0.29, 0.717) is 11.5 Å². The van der Waals surface area contributed by atoms with Gasteiger partial charge in [0.25, 0.3) is 5.91 Å². The van der Waals surface area contributed by atoms with Gasteiger partial charge in [-0.1, -0.05) is 13.8 Å². The predicted molar refractivity (Wildman–Crippen MR) is 74.8 cm³/mol. The van der Waals surface area contributed by atoms with E-state index in [1.165, 1.54) is 0 Å². The van der Waals surface area contributed by atoms with E-state index in [2.05, 4.69) is 41.8 Å². The number of amides is 1. The SMILES string of the molecule is CC(C)CC(CO)NC(=O)c1csc(I)c1. The third kappa shape index (κ3) is 4.39. The maximum absolute atomic E-state index is 11.8. The van der Waals surface area contributed by atoms with Crippen molar-refractivity contribution >= 4 is 39.8 Å². The molecule has 2 N–H and O–H groups in total. The number of halogens is 1. The van der Waals surface area contributed by atoms with Gasteiger partial charge in [0, 0.05) is 5.38 Å². The summed E-state index contributed by atoms with van der Waals surface area (Å²) in [5, 5.41) is 13.8. The number of carbonyl (C=O) groups excluding carboxylic acids is 1. The largest absolute Gasteiger partial charge is 0.394 e. The zero-order chi connectivity index (χ0) is 12.1. The average molecular weight is 353 g/mol. The Balaban J connectivity index is 2.55. The van der Waals surface area contributed by atoms with Crippen LogP contribution in [0.2, 0.25) is 0 Å². The molecule has 0 fully saturated rings. The molecule has 0 bridgehead atoms. The maximum Gasteiger partial charge on any atom is 0.252 e. The Morgan fingerprint density at radius 3 is 2.75 bits per heavy atom. The number of hydrogen-bond acceptors (Lipinski definition) is 3. The van der Waals surface area contributed by atoms with Crippen molar-refractivity contribution in [2.24, 2.45) is 5.92 Å². The molecule has 90 valence electrons. The van der Waals surface area contributed by atoms with Gasteiger partial charge in [-0.2, -0.15) is 0 Å². The van der Waals surface area contributed by atoms with Crippen LogP contribution < -0.4 is 5.32 Å². The topological polar surface area (TPSA) is 49.3 Å². The van der Waals surface area contributed by atoms with Gasteiger partial charge in [0.1, 0.15) is 0 Å². The Bertz CT molecular complexity index is 352. The van der Waals surface area contributed by atoms with Crippen molar-refractivity contribution in [1.29, 1.82) is 0 Å². The quantitative estimate of drug-likeness (QED) is 0.800. The smallest absolute Gasteiger partial charge is 0.252 e. The van der Waals surface area contributed by atoms with Crippen LogP contribution in [0.25, 0.3) is 0 Å². The lowest BCUT2D eigenvalue weighted by molar-refractivity contribution is 0.0909. The minimum atomic E-state index is -0.148. The molecule has 0 aliphatic heterocycles. The van der Waals surface area contributed by atoms with Crippen LogP contribution in [0.4, 0.5) is 0 Å². The number of aliphatic hydroxyl groups is 1. The third-order valence-electron chi connectivity index (χ3n) is 2.14. The molecule has 1 rings (SSSR count). The fraction of sp³-hybridized carbons (Fsp3) is 0.545. The van der Waals surface area contributed by atoms with Crippen molar-refractivity contribution in [3.8, 4) is 0 Å². The second-order valence-electron chi connectivity index (χ2n) is 4.12. The van der Waals surface area contributed by atoms with Crippen LogP contribution in [0.15, 0.2) is 11.4 Å². The van der Waals surface area contributed by atoms with Crippen LogP contribution >= 0.6 is 33.9 Å². The number of rotatable bonds is 5. The highest BCUT2D eigenvalue weighted by molar-refractivity contribution is 14.1. The van der Waals surface area contributed by atoms with Crippen LogP contribution in [0.1, 0.15) is 30.6 Å². The number of thiophene rings is 1. The average Bonchev–Trinajstić information content (AvgIpc) is 2.63. The number of nitrogens with one attached hydrogen (secondary N) is 1. The van der Waals surface area contributed by atoms with Gasteiger partial charge in [-0.25, -0.2) is 0 Å². The molecule has 0 spiro atoms. The monoisotopic (exact) mass is 353 g/mol. The Morgan fingerprint density at radius 2 is 2.31 bits per heavy atom. The second kappa shape index (κ2) is 6.56. The lowest BCUT2D eigenvalue weighted by Crippen LogP contribution is -2.38. The summed E-state index contributed by atoms with van der Waals surface area (Å²) in [5.41, 5.74) is 0.677. The van der Waals surface area contributed by atoms with Crippen molar-refractivity contribution < 1.29 is 9.90 Å². The van der Waals surface area contributed by atoms with E-state index in [4.69, 9.17) is 5.11 Å².